The summed E-state index contributed by atoms with van der Waals surface area (Å²) in [4.78, 5) is 0. The lowest BCUT2D eigenvalue weighted by Gasteiger charge is -2.17. The molecule has 0 aliphatic rings. The van der Waals surface area contributed by atoms with Crippen molar-refractivity contribution < 1.29 is 9.50 Å². The molecule has 1 rings (SSSR count). The Kier molecular flexibility index (Phi) is 11.6. The van der Waals surface area contributed by atoms with Gasteiger partial charge in [-0.1, -0.05) is 75.8 Å². The second kappa shape index (κ2) is 12.5. The largest absolute Gasteiger partial charge is 0.513 e. The number of hydrogen-bond acceptors (Lipinski definition) is 1. The van der Waals surface area contributed by atoms with E-state index in [1.807, 2.05) is 38.1 Å². The minimum Gasteiger partial charge on any atom is -0.513 e. The lowest BCUT2D eigenvalue weighted by Crippen LogP contribution is -2.08. The topological polar surface area (TPSA) is 20.2 Å². The van der Waals surface area contributed by atoms with E-state index < -0.39 is 5.67 Å². The number of aliphatic hydroxyl groups is 1. The molecule has 0 fully saturated rings. The highest BCUT2D eigenvalue weighted by Gasteiger charge is 2.18. The van der Waals surface area contributed by atoms with Crippen molar-refractivity contribution in [3.8, 4) is 0 Å². The highest BCUT2D eigenvalue weighted by molar-refractivity contribution is 5.82. The van der Waals surface area contributed by atoms with Crippen LogP contribution in [0.4, 0.5) is 4.39 Å². The Morgan fingerprint density at radius 3 is 1.83 bits per heavy atom. The first-order chi connectivity index (χ1) is 13.4. The molecule has 1 nitrogen and oxygen atoms in total. The molecule has 0 aliphatic heterocycles. The van der Waals surface area contributed by atoms with E-state index in [-0.39, 0.29) is 0 Å². The zero-order valence-electron chi connectivity index (χ0n) is 19.8. The average Bonchev–Trinajstić information content (AvgIpc) is 2.65. The molecule has 0 unspecified atom stereocenters. The first kappa shape index (κ1) is 26.9. The highest BCUT2D eigenvalue weighted by atomic mass is 19.1. The van der Waals surface area contributed by atoms with Crippen LogP contribution >= 0.6 is 0 Å². The van der Waals surface area contributed by atoms with Crippen LogP contribution in [0, 0.1) is 5.92 Å². The molecule has 1 aromatic rings. The molecule has 1 N–H and O–H groups in total. The third-order valence-electron chi connectivity index (χ3n) is 5.38. The third-order valence-corrected chi connectivity index (χ3v) is 5.38. The van der Waals surface area contributed by atoms with Gasteiger partial charge in [-0.15, -0.1) is 0 Å². The van der Waals surface area contributed by atoms with Gasteiger partial charge in [0.2, 0.25) is 0 Å². The molecule has 0 spiro atoms. The Balaban J connectivity index is 0.000000734. The molecule has 162 valence electrons. The lowest BCUT2D eigenvalue weighted by molar-refractivity contribution is 0.221. The van der Waals surface area contributed by atoms with E-state index in [1.54, 1.807) is 13.8 Å². The average molecular weight is 401 g/mol. The van der Waals surface area contributed by atoms with E-state index in [9.17, 15) is 4.39 Å². The molecule has 0 saturated carbocycles. The Morgan fingerprint density at radius 1 is 1.07 bits per heavy atom. The van der Waals surface area contributed by atoms with E-state index >= 15 is 0 Å². The molecule has 0 radical (unpaired) electrons. The minimum atomic E-state index is -1.30. The van der Waals surface area contributed by atoms with E-state index in [0.29, 0.717) is 17.2 Å². The van der Waals surface area contributed by atoms with Crippen LogP contribution in [0.1, 0.15) is 85.8 Å². The van der Waals surface area contributed by atoms with Crippen LogP contribution in [-0.4, -0.2) is 5.11 Å². The van der Waals surface area contributed by atoms with Crippen LogP contribution < -0.4 is 0 Å². The van der Waals surface area contributed by atoms with Crippen molar-refractivity contribution in [2.75, 3.05) is 0 Å². The maximum atomic E-state index is 13.9. The second-order valence-electron chi connectivity index (χ2n) is 8.25. The fourth-order valence-electron chi connectivity index (χ4n) is 3.04. The number of alkyl halides is 1. The minimum absolute atomic E-state index is 0.323. The maximum Gasteiger partial charge on any atom is 0.130 e. The fraction of sp³-hybridized carbons (Fsp3) is 0.481. The van der Waals surface area contributed by atoms with Crippen molar-refractivity contribution in [2.45, 2.75) is 80.3 Å². The van der Waals surface area contributed by atoms with Crippen LogP contribution in [0.2, 0.25) is 0 Å². The van der Waals surface area contributed by atoms with Gasteiger partial charge in [0.15, 0.2) is 0 Å². The Labute approximate surface area is 178 Å². The molecule has 0 bridgehead atoms. The van der Waals surface area contributed by atoms with Crippen LogP contribution in [-0.2, 0) is 5.67 Å². The lowest BCUT2D eigenvalue weighted by atomic mass is 9.89. The number of halogens is 1. The second-order valence-corrected chi connectivity index (χ2v) is 8.25. The van der Waals surface area contributed by atoms with Gasteiger partial charge in [-0.25, -0.2) is 4.39 Å². The monoisotopic (exact) mass is 400 g/mol. The first-order valence-electron chi connectivity index (χ1n) is 10.5. The molecular formula is C27H41FO. The normalized spacial score (nSPS) is 12.8. The number of benzene rings is 1. The van der Waals surface area contributed by atoms with Gasteiger partial charge in [-0.2, -0.15) is 0 Å². The van der Waals surface area contributed by atoms with E-state index in [1.165, 1.54) is 16.7 Å². The van der Waals surface area contributed by atoms with E-state index in [0.717, 1.165) is 30.4 Å². The summed E-state index contributed by atoms with van der Waals surface area (Å²) in [6.07, 6.45) is 5.13. The smallest absolute Gasteiger partial charge is 0.130 e. The number of allylic oxidation sites excluding steroid dienone is 6. The fourth-order valence-corrected chi connectivity index (χ4v) is 3.04. The van der Waals surface area contributed by atoms with E-state index in [4.69, 9.17) is 5.11 Å². The van der Waals surface area contributed by atoms with Crippen molar-refractivity contribution in [2.24, 2.45) is 5.92 Å². The standard InChI is InChI=1S/C19H25F.C8H16O/c1-8-14(4)18(15(5)13(2)3)16-9-11-17(12-10-16)19(6,7)20;1-4-8(5-2)6-7(3)9/h8-12H,2H2,1,3-7H3;8-9H,3-6H2,1-2H3/b14-8-,18-15+;. The van der Waals surface area contributed by atoms with Crippen LogP contribution in [0.15, 0.2) is 66.0 Å². The molecular weight excluding hydrogens is 359 g/mol. The zero-order chi connectivity index (χ0) is 22.8. The van der Waals surface area contributed by atoms with Gasteiger partial charge in [0, 0.05) is 6.42 Å². The van der Waals surface area contributed by atoms with Crippen molar-refractivity contribution >= 4 is 5.57 Å². The van der Waals surface area contributed by atoms with Gasteiger partial charge < -0.3 is 5.11 Å². The Bertz CT molecular complexity index is 723. The summed E-state index contributed by atoms with van der Waals surface area (Å²) in [6.45, 7) is 23.1. The van der Waals surface area contributed by atoms with Gasteiger partial charge in [-0.3, -0.25) is 0 Å². The predicted molar refractivity (Wildman–Crippen MR) is 128 cm³/mol. The number of hydrogen-bond donors (Lipinski definition) is 1. The van der Waals surface area contributed by atoms with Crippen LogP contribution in [0.25, 0.3) is 5.57 Å². The third kappa shape index (κ3) is 9.30. The summed E-state index contributed by atoms with van der Waals surface area (Å²) in [5, 5.41) is 8.79. The first-order valence-corrected chi connectivity index (χ1v) is 10.5. The predicted octanol–water partition coefficient (Wildman–Crippen LogP) is 9.09. The zero-order valence-corrected chi connectivity index (χ0v) is 19.8. The van der Waals surface area contributed by atoms with Crippen molar-refractivity contribution in [3.63, 3.8) is 0 Å². The molecule has 0 aliphatic carbocycles. The molecule has 2 heteroatoms. The molecule has 1 aromatic carbocycles. The van der Waals surface area contributed by atoms with E-state index in [2.05, 4.69) is 46.9 Å². The number of rotatable bonds is 8. The summed E-state index contributed by atoms with van der Waals surface area (Å²) in [7, 11) is 0. The molecule has 29 heavy (non-hydrogen) atoms. The summed E-state index contributed by atoms with van der Waals surface area (Å²) < 4.78 is 13.9. The van der Waals surface area contributed by atoms with Gasteiger partial charge in [0.25, 0.3) is 0 Å². The summed E-state index contributed by atoms with van der Waals surface area (Å²) in [5.74, 6) is 0.950. The Morgan fingerprint density at radius 2 is 1.55 bits per heavy atom. The van der Waals surface area contributed by atoms with Crippen molar-refractivity contribution in [1.29, 1.82) is 0 Å². The summed E-state index contributed by atoms with van der Waals surface area (Å²) in [5.41, 5.74) is 5.12. The van der Waals surface area contributed by atoms with Crippen molar-refractivity contribution in [3.05, 3.63) is 77.1 Å². The van der Waals surface area contributed by atoms with Gasteiger partial charge in [0.05, 0.1) is 5.76 Å². The molecule has 0 saturated heterocycles. The van der Waals surface area contributed by atoms with Gasteiger partial charge in [0.1, 0.15) is 5.67 Å². The quantitative estimate of drug-likeness (QED) is 0.341. The van der Waals surface area contributed by atoms with Crippen LogP contribution in [0.3, 0.4) is 0 Å². The number of aliphatic hydroxyl groups excluding tert-OH is 1. The van der Waals surface area contributed by atoms with Crippen LogP contribution in [0.5, 0.6) is 0 Å². The molecule has 0 aromatic heterocycles. The molecule has 0 amide bonds. The van der Waals surface area contributed by atoms with Gasteiger partial charge >= 0.3 is 0 Å². The molecule has 0 atom stereocenters. The van der Waals surface area contributed by atoms with Gasteiger partial charge in [-0.05, 0) is 75.3 Å². The Hall–Kier alpha value is -2.09. The SMILES string of the molecule is C=C(C)/C(C)=C(\C(C)=C/C)c1ccc(C(C)(C)F)cc1.C=C(O)CC(CC)CC. The summed E-state index contributed by atoms with van der Waals surface area (Å²) in [6, 6.07) is 7.71. The summed E-state index contributed by atoms with van der Waals surface area (Å²) >= 11 is 0. The maximum absolute atomic E-state index is 13.9. The molecule has 0 heterocycles. The van der Waals surface area contributed by atoms with Crippen molar-refractivity contribution in [1.82, 2.24) is 0 Å². The highest BCUT2D eigenvalue weighted by Crippen LogP contribution is 2.31.